The molecule has 2 N–H and O–H groups in total. The summed E-state index contributed by atoms with van der Waals surface area (Å²) >= 11 is 0. The Morgan fingerprint density at radius 1 is 1.08 bits per heavy atom. The van der Waals surface area contributed by atoms with E-state index in [1.54, 1.807) is 0 Å². The van der Waals surface area contributed by atoms with Crippen molar-refractivity contribution in [3.63, 3.8) is 0 Å². The fraction of sp³-hybridized carbons (Fsp3) is 0.600. The summed E-state index contributed by atoms with van der Waals surface area (Å²) in [6.45, 7) is 6.29. The van der Waals surface area contributed by atoms with Crippen molar-refractivity contribution in [3.05, 3.63) is 35.4 Å². The largest absolute Gasteiger partial charge is 0.369 e. The smallest absolute Gasteiger partial charge is 0.226 e. The summed E-state index contributed by atoms with van der Waals surface area (Å²) in [5.74, 6) is 0.0578. The number of nitrogens with zero attached hydrogens (tertiary/aromatic N) is 2. The second-order valence-electron chi connectivity index (χ2n) is 7.50. The molecule has 1 aromatic carbocycles. The van der Waals surface area contributed by atoms with E-state index in [-0.39, 0.29) is 23.7 Å². The van der Waals surface area contributed by atoms with Gasteiger partial charge in [0, 0.05) is 32.1 Å². The highest BCUT2D eigenvalue weighted by Gasteiger charge is 2.32. The van der Waals surface area contributed by atoms with Gasteiger partial charge >= 0.3 is 0 Å². The van der Waals surface area contributed by atoms with Crippen molar-refractivity contribution in [2.75, 3.05) is 26.2 Å². The van der Waals surface area contributed by atoms with Gasteiger partial charge in [-0.15, -0.1) is 0 Å². The number of benzene rings is 1. The standard InChI is InChI=1S/C20H29N3O2/c1-15-5-2-3-6-17(15)13-22-10-4-7-18(14-22)20(25)23-11-8-16(9-12-23)19(21)24/h2-3,5-6,16,18H,4,7-14H2,1H3,(H2,21,24). The van der Waals surface area contributed by atoms with Gasteiger partial charge in [0.1, 0.15) is 0 Å². The molecule has 1 unspecified atom stereocenters. The normalized spacial score (nSPS) is 22.8. The Kier molecular flexibility index (Phi) is 5.74. The van der Waals surface area contributed by atoms with Crippen LogP contribution in [0.25, 0.3) is 0 Å². The second-order valence-corrected chi connectivity index (χ2v) is 7.50. The zero-order valence-corrected chi connectivity index (χ0v) is 15.1. The average molecular weight is 343 g/mol. The third kappa shape index (κ3) is 4.40. The van der Waals surface area contributed by atoms with Crippen LogP contribution in [0.15, 0.2) is 24.3 Å². The van der Waals surface area contributed by atoms with Crippen molar-refractivity contribution in [1.82, 2.24) is 9.80 Å². The van der Waals surface area contributed by atoms with Crippen molar-refractivity contribution < 1.29 is 9.59 Å². The van der Waals surface area contributed by atoms with Crippen molar-refractivity contribution >= 4 is 11.8 Å². The predicted octanol–water partition coefficient (Wildman–Crippen LogP) is 1.93. The first-order valence-electron chi connectivity index (χ1n) is 9.39. The minimum atomic E-state index is -0.228. The van der Waals surface area contributed by atoms with Crippen LogP contribution in [0.3, 0.4) is 0 Å². The van der Waals surface area contributed by atoms with Gasteiger partial charge in [-0.05, 0) is 50.3 Å². The van der Waals surface area contributed by atoms with Crippen molar-refractivity contribution in [2.45, 2.75) is 39.2 Å². The molecule has 2 aliphatic rings. The number of hydrogen-bond donors (Lipinski definition) is 1. The van der Waals surface area contributed by atoms with Crippen LogP contribution in [0.1, 0.15) is 36.8 Å². The van der Waals surface area contributed by atoms with E-state index in [9.17, 15) is 9.59 Å². The Balaban J connectivity index is 1.55. The molecule has 2 saturated heterocycles. The van der Waals surface area contributed by atoms with E-state index in [1.807, 2.05) is 4.90 Å². The molecule has 5 nitrogen and oxygen atoms in total. The van der Waals surface area contributed by atoms with Gasteiger partial charge in [0.2, 0.25) is 11.8 Å². The van der Waals surface area contributed by atoms with Gasteiger partial charge in [0.05, 0.1) is 5.92 Å². The lowest BCUT2D eigenvalue weighted by atomic mass is 9.92. The minimum absolute atomic E-state index is 0.0621. The van der Waals surface area contributed by atoms with E-state index >= 15 is 0 Å². The molecule has 0 spiro atoms. The minimum Gasteiger partial charge on any atom is -0.369 e. The SMILES string of the molecule is Cc1ccccc1CN1CCCC(C(=O)N2CCC(C(N)=O)CC2)C1. The average Bonchev–Trinajstić information content (AvgIpc) is 2.63. The first-order valence-corrected chi connectivity index (χ1v) is 9.39. The Bertz CT molecular complexity index is 623. The van der Waals surface area contributed by atoms with Gasteiger partial charge in [-0.25, -0.2) is 0 Å². The summed E-state index contributed by atoms with van der Waals surface area (Å²) in [6.07, 6.45) is 3.46. The molecule has 2 fully saturated rings. The number of carbonyl (C=O) groups excluding carboxylic acids is 2. The topological polar surface area (TPSA) is 66.6 Å². The van der Waals surface area contributed by atoms with Crippen LogP contribution in [0.5, 0.6) is 0 Å². The van der Waals surface area contributed by atoms with Crippen molar-refractivity contribution in [3.8, 4) is 0 Å². The number of likely N-dealkylation sites (tertiary alicyclic amines) is 2. The molecule has 0 aliphatic carbocycles. The number of primary amides is 1. The van der Waals surface area contributed by atoms with Crippen LogP contribution >= 0.6 is 0 Å². The van der Waals surface area contributed by atoms with Gasteiger partial charge in [-0.2, -0.15) is 0 Å². The van der Waals surface area contributed by atoms with Crippen molar-refractivity contribution in [2.24, 2.45) is 17.6 Å². The van der Waals surface area contributed by atoms with Gasteiger partial charge < -0.3 is 10.6 Å². The maximum absolute atomic E-state index is 12.9. The van der Waals surface area contributed by atoms with Gasteiger partial charge in [-0.1, -0.05) is 24.3 Å². The number of hydrogen-bond acceptors (Lipinski definition) is 3. The first-order chi connectivity index (χ1) is 12.0. The highest BCUT2D eigenvalue weighted by Crippen LogP contribution is 2.24. The first kappa shape index (κ1) is 17.9. The molecule has 2 aliphatic heterocycles. The predicted molar refractivity (Wildman–Crippen MR) is 97.7 cm³/mol. The van der Waals surface area contributed by atoms with Crippen LogP contribution in [0, 0.1) is 18.8 Å². The molecule has 0 saturated carbocycles. The van der Waals surface area contributed by atoms with Crippen LogP contribution in [0.2, 0.25) is 0 Å². The van der Waals surface area contributed by atoms with Crippen LogP contribution in [0.4, 0.5) is 0 Å². The highest BCUT2D eigenvalue weighted by molar-refractivity contribution is 5.80. The quantitative estimate of drug-likeness (QED) is 0.908. The van der Waals surface area contributed by atoms with Gasteiger partial charge in [0.15, 0.2) is 0 Å². The third-order valence-electron chi connectivity index (χ3n) is 5.72. The summed E-state index contributed by atoms with van der Waals surface area (Å²) in [5, 5.41) is 0. The fourth-order valence-electron chi connectivity index (χ4n) is 4.07. The fourth-order valence-corrected chi connectivity index (χ4v) is 4.07. The van der Waals surface area contributed by atoms with E-state index in [4.69, 9.17) is 5.73 Å². The number of aryl methyl sites for hydroxylation is 1. The third-order valence-corrected chi connectivity index (χ3v) is 5.72. The van der Waals surface area contributed by atoms with E-state index in [0.29, 0.717) is 25.9 Å². The van der Waals surface area contributed by atoms with E-state index in [1.165, 1.54) is 11.1 Å². The molecule has 3 rings (SSSR count). The van der Waals surface area contributed by atoms with Crippen LogP contribution in [-0.4, -0.2) is 47.8 Å². The number of carbonyl (C=O) groups is 2. The summed E-state index contributed by atoms with van der Waals surface area (Å²) < 4.78 is 0. The van der Waals surface area contributed by atoms with Gasteiger partial charge in [-0.3, -0.25) is 14.5 Å². The molecule has 136 valence electrons. The summed E-state index contributed by atoms with van der Waals surface area (Å²) in [6, 6.07) is 8.47. The summed E-state index contributed by atoms with van der Waals surface area (Å²) in [7, 11) is 0. The number of piperidine rings is 2. The van der Waals surface area contributed by atoms with Crippen LogP contribution in [-0.2, 0) is 16.1 Å². The zero-order chi connectivity index (χ0) is 17.8. The number of nitrogens with two attached hydrogens (primary N) is 1. The molecular weight excluding hydrogens is 314 g/mol. The van der Waals surface area contributed by atoms with E-state index in [2.05, 4.69) is 36.1 Å². The molecule has 2 amide bonds. The van der Waals surface area contributed by atoms with Gasteiger partial charge in [0.25, 0.3) is 0 Å². The maximum Gasteiger partial charge on any atom is 0.226 e. The molecule has 0 aromatic heterocycles. The highest BCUT2D eigenvalue weighted by atomic mass is 16.2. The van der Waals surface area contributed by atoms with Crippen molar-refractivity contribution in [1.29, 1.82) is 0 Å². The lowest BCUT2D eigenvalue weighted by Gasteiger charge is -2.37. The molecule has 2 heterocycles. The molecule has 1 aromatic rings. The second kappa shape index (κ2) is 8.00. The monoisotopic (exact) mass is 343 g/mol. The summed E-state index contributed by atoms with van der Waals surface area (Å²) in [5.41, 5.74) is 8.04. The number of amides is 2. The van der Waals surface area contributed by atoms with E-state index < -0.39 is 0 Å². The number of rotatable bonds is 4. The Labute approximate surface area is 150 Å². The van der Waals surface area contributed by atoms with Crippen LogP contribution < -0.4 is 5.73 Å². The lowest BCUT2D eigenvalue weighted by Crippen LogP contribution is -2.48. The molecule has 0 radical (unpaired) electrons. The lowest BCUT2D eigenvalue weighted by molar-refractivity contribution is -0.140. The molecule has 25 heavy (non-hydrogen) atoms. The Morgan fingerprint density at radius 2 is 1.80 bits per heavy atom. The van der Waals surface area contributed by atoms with E-state index in [0.717, 1.165) is 32.5 Å². The maximum atomic E-state index is 12.9. The summed E-state index contributed by atoms with van der Waals surface area (Å²) in [4.78, 5) is 28.5. The Hall–Kier alpha value is -1.88. The molecule has 0 bridgehead atoms. The molecular formula is C20H29N3O2. The molecule has 5 heteroatoms. The Morgan fingerprint density at radius 3 is 2.48 bits per heavy atom. The molecule has 1 atom stereocenters. The zero-order valence-electron chi connectivity index (χ0n) is 15.1.